The van der Waals surface area contributed by atoms with Gasteiger partial charge in [-0.15, -0.1) is 0 Å². The standard InChI is InChI=1S/C20H33NO2Si/c1-13(2)24(14(3)4,15(5)6)23-16(7)19-12-20(19,21-8)17-9-10-18(22)11-17/h13-15,17,19H,7,9-12H2,1-6H3. The van der Waals surface area contributed by atoms with Gasteiger partial charge in [0.05, 0.1) is 5.76 Å². The summed E-state index contributed by atoms with van der Waals surface area (Å²) in [5.41, 5.74) is 1.10. The minimum absolute atomic E-state index is 0.119. The third-order valence-corrected chi connectivity index (χ3v) is 12.6. The van der Waals surface area contributed by atoms with E-state index in [-0.39, 0.29) is 11.8 Å². The zero-order valence-electron chi connectivity index (χ0n) is 16.2. The third-order valence-electron chi connectivity index (χ3n) is 6.54. The Labute approximate surface area is 148 Å². The van der Waals surface area contributed by atoms with E-state index in [1.165, 1.54) is 0 Å². The second-order valence-corrected chi connectivity index (χ2v) is 14.1. The van der Waals surface area contributed by atoms with Crippen molar-refractivity contribution in [1.29, 1.82) is 0 Å². The van der Waals surface area contributed by atoms with Gasteiger partial charge in [0.15, 0.2) is 0 Å². The Kier molecular flexibility index (Phi) is 5.35. The van der Waals surface area contributed by atoms with Crippen molar-refractivity contribution in [2.45, 2.75) is 89.4 Å². The Bertz CT molecular complexity index is 539. The highest BCUT2D eigenvalue weighted by molar-refractivity contribution is 6.77. The van der Waals surface area contributed by atoms with Gasteiger partial charge in [0.2, 0.25) is 5.54 Å². The molecule has 0 heterocycles. The van der Waals surface area contributed by atoms with Crippen molar-refractivity contribution in [2.75, 3.05) is 0 Å². The van der Waals surface area contributed by atoms with Crippen molar-refractivity contribution < 1.29 is 9.22 Å². The summed E-state index contributed by atoms with van der Waals surface area (Å²) in [6, 6.07) is 0. The highest BCUT2D eigenvalue weighted by Crippen LogP contribution is 2.60. The van der Waals surface area contributed by atoms with Gasteiger partial charge in [0, 0.05) is 25.2 Å². The van der Waals surface area contributed by atoms with Crippen LogP contribution in [0.1, 0.15) is 67.2 Å². The molecule has 0 bridgehead atoms. The Morgan fingerprint density at radius 2 is 1.79 bits per heavy atom. The van der Waals surface area contributed by atoms with Crippen molar-refractivity contribution in [2.24, 2.45) is 11.8 Å². The van der Waals surface area contributed by atoms with Crippen LogP contribution in [0.25, 0.3) is 4.85 Å². The van der Waals surface area contributed by atoms with Crippen molar-refractivity contribution in [3.63, 3.8) is 0 Å². The number of ketones is 1. The fourth-order valence-corrected chi connectivity index (χ4v) is 10.5. The molecule has 4 heteroatoms. The average molecular weight is 348 g/mol. The molecule has 3 nitrogen and oxygen atoms in total. The van der Waals surface area contributed by atoms with E-state index in [4.69, 9.17) is 11.0 Å². The summed E-state index contributed by atoms with van der Waals surface area (Å²) in [5.74, 6) is 1.47. The van der Waals surface area contributed by atoms with Gasteiger partial charge in [0.1, 0.15) is 11.7 Å². The maximum atomic E-state index is 11.7. The number of Topliss-reactive ketones (excluding diaryl/α,β-unsaturated/α-hetero) is 1. The Morgan fingerprint density at radius 1 is 1.25 bits per heavy atom. The lowest BCUT2D eigenvalue weighted by Gasteiger charge is -2.42. The molecule has 0 aromatic rings. The topological polar surface area (TPSA) is 30.7 Å². The molecule has 0 amide bonds. The molecule has 2 saturated carbocycles. The normalized spacial score (nSPS) is 30.1. The molecular formula is C20H33NO2Si. The number of carbonyl (C=O) groups excluding carboxylic acids is 1. The van der Waals surface area contributed by atoms with E-state index in [1.54, 1.807) is 0 Å². The van der Waals surface area contributed by atoms with E-state index in [9.17, 15) is 4.79 Å². The maximum Gasteiger partial charge on any atom is 0.258 e. The van der Waals surface area contributed by atoms with Crippen molar-refractivity contribution in [1.82, 2.24) is 0 Å². The average Bonchev–Trinajstić information content (AvgIpc) is 3.10. The van der Waals surface area contributed by atoms with Gasteiger partial charge >= 0.3 is 0 Å². The van der Waals surface area contributed by atoms with Crippen molar-refractivity contribution in [3.8, 4) is 0 Å². The summed E-state index contributed by atoms with van der Waals surface area (Å²) in [7, 11) is -2.01. The molecule has 0 radical (unpaired) electrons. The molecule has 0 aliphatic heterocycles. The zero-order chi connectivity index (χ0) is 18.3. The minimum atomic E-state index is -2.01. The van der Waals surface area contributed by atoms with Crippen LogP contribution in [0.5, 0.6) is 0 Å². The summed E-state index contributed by atoms with van der Waals surface area (Å²) in [5, 5.41) is 0. The number of nitrogens with zero attached hydrogens (tertiary/aromatic N) is 1. The summed E-state index contributed by atoms with van der Waals surface area (Å²) < 4.78 is 6.71. The van der Waals surface area contributed by atoms with Crippen LogP contribution in [0.2, 0.25) is 16.6 Å². The molecule has 2 rings (SSSR count). The molecule has 3 atom stereocenters. The lowest BCUT2D eigenvalue weighted by atomic mass is 9.93. The second kappa shape index (κ2) is 6.67. The quantitative estimate of drug-likeness (QED) is 0.334. The predicted molar refractivity (Wildman–Crippen MR) is 101 cm³/mol. The first kappa shape index (κ1) is 19.2. The van der Waals surface area contributed by atoms with Gasteiger partial charge in [-0.2, -0.15) is 0 Å². The molecule has 2 fully saturated rings. The highest BCUT2D eigenvalue weighted by atomic mass is 28.4. The van der Waals surface area contributed by atoms with Crippen molar-refractivity contribution >= 4 is 14.1 Å². The molecule has 0 aromatic heterocycles. The van der Waals surface area contributed by atoms with Crippen LogP contribution in [0.15, 0.2) is 12.3 Å². The summed E-state index contributed by atoms with van der Waals surface area (Å²) in [4.78, 5) is 15.7. The summed E-state index contributed by atoms with van der Waals surface area (Å²) >= 11 is 0. The van der Waals surface area contributed by atoms with Gasteiger partial charge < -0.3 is 9.27 Å². The lowest BCUT2D eigenvalue weighted by molar-refractivity contribution is -0.117. The van der Waals surface area contributed by atoms with Crippen molar-refractivity contribution in [3.05, 3.63) is 23.8 Å². The summed E-state index contributed by atoms with van der Waals surface area (Å²) in [6.45, 7) is 25.6. The Balaban J connectivity index is 2.18. The molecular weight excluding hydrogens is 314 g/mol. The van der Waals surface area contributed by atoms with Crippen LogP contribution < -0.4 is 0 Å². The van der Waals surface area contributed by atoms with E-state index in [0.29, 0.717) is 35.2 Å². The SMILES string of the molecule is [C-]#[N+]C1(C2CCC(=O)C2)CC1C(=C)O[Si](C(C)C)(C(C)C)C(C)C. The van der Waals surface area contributed by atoms with Crippen LogP contribution in [-0.4, -0.2) is 19.6 Å². The molecule has 0 N–H and O–H groups in total. The van der Waals surface area contributed by atoms with Crippen LogP contribution in [-0.2, 0) is 9.22 Å². The third kappa shape index (κ3) is 2.96. The minimum Gasteiger partial charge on any atom is -0.546 e. The van der Waals surface area contributed by atoms with E-state index in [2.05, 4.69) is 53.0 Å². The van der Waals surface area contributed by atoms with Crippen LogP contribution >= 0.6 is 0 Å². The molecule has 2 aliphatic rings. The monoisotopic (exact) mass is 347 g/mol. The molecule has 134 valence electrons. The Hall–Kier alpha value is -1.08. The van der Waals surface area contributed by atoms with E-state index < -0.39 is 13.9 Å². The molecule has 0 spiro atoms. The van der Waals surface area contributed by atoms with E-state index >= 15 is 0 Å². The molecule has 0 aromatic carbocycles. The molecule has 3 unspecified atom stereocenters. The zero-order valence-corrected chi connectivity index (χ0v) is 17.2. The van der Waals surface area contributed by atoms with Gasteiger partial charge in [-0.1, -0.05) is 48.1 Å². The van der Waals surface area contributed by atoms with Gasteiger partial charge in [-0.3, -0.25) is 4.79 Å². The Morgan fingerprint density at radius 3 is 2.17 bits per heavy atom. The predicted octanol–water partition coefficient (Wildman–Crippen LogP) is 5.74. The van der Waals surface area contributed by atoms with Gasteiger partial charge in [0.25, 0.3) is 8.32 Å². The highest BCUT2D eigenvalue weighted by Gasteiger charge is 2.70. The number of rotatable bonds is 7. The first-order valence-electron chi connectivity index (χ1n) is 9.39. The fourth-order valence-electron chi connectivity index (χ4n) is 5.22. The van der Waals surface area contributed by atoms with E-state index in [1.807, 2.05) is 0 Å². The molecule has 24 heavy (non-hydrogen) atoms. The number of hydrogen-bond donors (Lipinski definition) is 0. The molecule has 0 saturated heterocycles. The second-order valence-electron chi connectivity index (χ2n) is 8.72. The fraction of sp³-hybridized carbons (Fsp3) is 0.800. The largest absolute Gasteiger partial charge is 0.546 e. The maximum absolute atomic E-state index is 11.7. The van der Waals surface area contributed by atoms with Gasteiger partial charge in [-0.05, 0) is 23.0 Å². The first-order valence-corrected chi connectivity index (χ1v) is 11.5. The van der Waals surface area contributed by atoms with Crippen LogP contribution in [0, 0.1) is 18.4 Å². The first-order chi connectivity index (χ1) is 11.1. The number of hydrogen-bond acceptors (Lipinski definition) is 2. The molecule has 2 aliphatic carbocycles. The smallest absolute Gasteiger partial charge is 0.258 e. The summed E-state index contributed by atoms with van der Waals surface area (Å²) in [6.07, 6.45) is 2.91. The lowest BCUT2D eigenvalue weighted by Crippen LogP contribution is -2.47. The van der Waals surface area contributed by atoms with Crippen LogP contribution in [0.3, 0.4) is 0 Å². The van der Waals surface area contributed by atoms with Gasteiger partial charge in [-0.25, -0.2) is 6.57 Å². The number of carbonyl (C=O) groups is 1. The van der Waals surface area contributed by atoms with E-state index in [0.717, 1.165) is 18.6 Å². The van der Waals surface area contributed by atoms with Crippen LogP contribution in [0.4, 0.5) is 0 Å².